The maximum Gasteiger partial charge on any atom is 0.261 e. The molecule has 1 aliphatic rings. The highest BCUT2D eigenvalue weighted by Crippen LogP contribution is 2.26. The maximum absolute atomic E-state index is 12.9. The van der Waals surface area contributed by atoms with E-state index < -0.39 is 0 Å². The third-order valence-electron chi connectivity index (χ3n) is 4.69. The van der Waals surface area contributed by atoms with E-state index >= 15 is 0 Å². The fraction of sp³-hybridized carbons (Fsp3) is 0.190. The van der Waals surface area contributed by atoms with Crippen LogP contribution in [-0.2, 0) is 17.9 Å². The van der Waals surface area contributed by atoms with E-state index in [0.29, 0.717) is 22.6 Å². The number of imide groups is 1. The van der Waals surface area contributed by atoms with E-state index in [4.69, 9.17) is 8.83 Å². The number of hydrogen-bond acceptors (Lipinski definition) is 5. The van der Waals surface area contributed by atoms with Gasteiger partial charge in [0, 0.05) is 17.4 Å². The van der Waals surface area contributed by atoms with Crippen LogP contribution < -0.4 is 0 Å². The topological polar surface area (TPSA) is 84.0 Å². The summed E-state index contributed by atoms with van der Waals surface area (Å²) in [5, 5.41) is 0. The van der Waals surface area contributed by atoms with Crippen LogP contribution in [0.25, 0.3) is 0 Å². The molecule has 0 spiro atoms. The molecule has 0 saturated heterocycles. The number of carbonyl (C=O) groups excluding carboxylic acids is 3. The van der Waals surface area contributed by atoms with Gasteiger partial charge in [0.1, 0.15) is 11.5 Å². The van der Waals surface area contributed by atoms with Gasteiger partial charge in [-0.15, -0.1) is 0 Å². The van der Waals surface area contributed by atoms with Crippen LogP contribution in [0, 0.1) is 0 Å². The molecule has 0 N–H and O–H groups in total. The third kappa shape index (κ3) is 4.02. The number of furan rings is 2. The SMILES string of the molecule is O=C(CCN1C(=O)c2ccc(Br)cc2C1=O)N(Cc1ccco1)Cc1ccco1. The summed E-state index contributed by atoms with van der Waals surface area (Å²) in [7, 11) is 0. The molecule has 0 unspecified atom stereocenters. The number of amides is 3. The predicted octanol–water partition coefficient (Wildman–Crippen LogP) is 3.85. The molecule has 0 atom stereocenters. The first-order valence-corrected chi connectivity index (χ1v) is 9.80. The van der Waals surface area contributed by atoms with Crippen LogP contribution >= 0.6 is 15.9 Å². The fourth-order valence-electron chi connectivity index (χ4n) is 3.25. The molecule has 7 nitrogen and oxygen atoms in total. The average molecular weight is 457 g/mol. The molecule has 29 heavy (non-hydrogen) atoms. The van der Waals surface area contributed by atoms with E-state index in [9.17, 15) is 14.4 Å². The molecule has 3 heterocycles. The van der Waals surface area contributed by atoms with E-state index in [1.54, 1.807) is 59.9 Å². The van der Waals surface area contributed by atoms with Crippen molar-refractivity contribution in [2.45, 2.75) is 19.5 Å². The molecule has 0 radical (unpaired) electrons. The van der Waals surface area contributed by atoms with Crippen molar-refractivity contribution >= 4 is 33.7 Å². The van der Waals surface area contributed by atoms with Crippen molar-refractivity contribution in [1.82, 2.24) is 9.80 Å². The second-order valence-corrected chi connectivity index (χ2v) is 7.53. The molecule has 0 bridgehead atoms. The van der Waals surface area contributed by atoms with Crippen LogP contribution in [0.15, 0.2) is 68.3 Å². The maximum atomic E-state index is 12.9. The molecule has 8 heteroatoms. The summed E-state index contributed by atoms with van der Waals surface area (Å²) in [5.41, 5.74) is 0.702. The van der Waals surface area contributed by atoms with Gasteiger partial charge in [-0.1, -0.05) is 15.9 Å². The van der Waals surface area contributed by atoms with Crippen molar-refractivity contribution in [1.29, 1.82) is 0 Å². The third-order valence-corrected chi connectivity index (χ3v) is 5.18. The Morgan fingerprint density at radius 3 is 2.14 bits per heavy atom. The summed E-state index contributed by atoms with van der Waals surface area (Å²) in [6, 6.07) is 12.0. The Bertz CT molecular complexity index is 1010. The number of halogens is 1. The molecule has 2 aromatic heterocycles. The van der Waals surface area contributed by atoms with E-state index in [2.05, 4.69) is 15.9 Å². The second kappa shape index (κ2) is 8.08. The van der Waals surface area contributed by atoms with Crippen molar-refractivity contribution in [2.75, 3.05) is 6.54 Å². The molecule has 4 rings (SSSR count). The lowest BCUT2D eigenvalue weighted by atomic mass is 10.1. The zero-order chi connectivity index (χ0) is 20.4. The van der Waals surface area contributed by atoms with Gasteiger partial charge in [0.25, 0.3) is 11.8 Å². The normalized spacial score (nSPS) is 13.1. The molecular formula is C21H17BrN2O5. The number of hydrogen-bond donors (Lipinski definition) is 0. The molecule has 3 aromatic rings. The van der Waals surface area contributed by atoms with Gasteiger partial charge < -0.3 is 13.7 Å². The first-order chi connectivity index (χ1) is 14.0. The Labute approximate surface area is 175 Å². The lowest BCUT2D eigenvalue weighted by Gasteiger charge is -2.22. The van der Waals surface area contributed by atoms with Crippen molar-refractivity contribution in [3.8, 4) is 0 Å². The largest absolute Gasteiger partial charge is 0.467 e. The van der Waals surface area contributed by atoms with E-state index in [1.807, 2.05) is 0 Å². The van der Waals surface area contributed by atoms with Gasteiger partial charge in [-0.2, -0.15) is 0 Å². The Morgan fingerprint density at radius 2 is 1.55 bits per heavy atom. The van der Waals surface area contributed by atoms with Crippen molar-refractivity contribution in [3.63, 3.8) is 0 Å². The highest BCUT2D eigenvalue weighted by Gasteiger charge is 2.35. The van der Waals surface area contributed by atoms with Gasteiger partial charge in [-0.05, 0) is 42.5 Å². The number of carbonyl (C=O) groups is 3. The number of fused-ring (bicyclic) bond motifs is 1. The summed E-state index contributed by atoms with van der Waals surface area (Å²) in [6.45, 7) is 0.540. The highest BCUT2D eigenvalue weighted by molar-refractivity contribution is 9.10. The fourth-order valence-corrected chi connectivity index (χ4v) is 3.61. The minimum atomic E-state index is -0.386. The van der Waals surface area contributed by atoms with Gasteiger partial charge in [-0.25, -0.2) is 0 Å². The van der Waals surface area contributed by atoms with Crippen LogP contribution in [0.5, 0.6) is 0 Å². The smallest absolute Gasteiger partial charge is 0.261 e. The highest BCUT2D eigenvalue weighted by atomic mass is 79.9. The van der Waals surface area contributed by atoms with Crippen LogP contribution in [0.2, 0.25) is 0 Å². The van der Waals surface area contributed by atoms with Gasteiger partial charge in [0.15, 0.2) is 0 Å². The molecule has 0 fully saturated rings. The van der Waals surface area contributed by atoms with Crippen molar-refractivity contribution < 1.29 is 23.2 Å². The lowest BCUT2D eigenvalue weighted by molar-refractivity contribution is -0.133. The summed E-state index contributed by atoms with van der Waals surface area (Å²) in [4.78, 5) is 40.7. The van der Waals surface area contributed by atoms with Crippen LogP contribution in [0.4, 0.5) is 0 Å². The first-order valence-electron chi connectivity index (χ1n) is 9.01. The summed E-state index contributed by atoms with van der Waals surface area (Å²) < 4.78 is 11.4. The molecule has 0 aliphatic carbocycles. The zero-order valence-corrected chi connectivity index (χ0v) is 16.9. The minimum absolute atomic E-state index is 0.00799. The summed E-state index contributed by atoms with van der Waals surface area (Å²) >= 11 is 3.31. The Hall–Kier alpha value is -3.13. The van der Waals surface area contributed by atoms with Crippen LogP contribution in [0.1, 0.15) is 38.7 Å². The van der Waals surface area contributed by atoms with Crippen LogP contribution in [0.3, 0.4) is 0 Å². The van der Waals surface area contributed by atoms with Gasteiger partial charge in [-0.3, -0.25) is 19.3 Å². The standard InChI is InChI=1S/C21H17BrN2O5/c22-14-5-6-17-18(11-14)21(27)24(20(17)26)8-7-19(25)23(12-15-3-1-9-28-15)13-16-4-2-10-29-16/h1-6,9-11H,7-8,12-13H2. The quantitative estimate of drug-likeness (QED) is 0.504. The Balaban J connectivity index is 1.45. The monoisotopic (exact) mass is 456 g/mol. The molecule has 0 saturated carbocycles. The molecular weight excluding hydrogens is 440 g/mol. The second-order valence-electron chi connectivity index (χ2n) is 6.61. The van der Waals surface area contributed by atoms with Crippen LogP contribution in [-0.4, -0.2) is 34.1 Å². The lowest BCUT2D eigenvalue weighted by Crippen LogP contribution is -2.36. The summed E-state index contributed by atoms with van der Waals surface area (Å²) in [5.74, 6) is 0.290. The summed E-state index contributed by atoms with van der Waals surface area (Å²) in [6.07, 6.45) is 3.09. The average Bonchev–Trinajstić information content (AvgIpc) is 3.44. The van der Waals surface area contributed by atoms with Crippen molar-refractivity contribution in [3.05, 3.63) is 82.1 Å². The Morgan fingerprint density at radius 1 is 0.931 bits per heavy atom. The van der Waals surface area contributed by atoms with E-state index in [0.717, 1.165) is 9.37 Å². The first kappa shape index (κ1) is 19.2. The molecule has 1 aromatic carbocycles. The number of rotatable bonds is 7. The van der Waals surface area contributed by atoms with E-state index in [1.165, 1.54) is 0 Å². The number of benzene rings is 1. The minimum Gasteiger partial charge on any atom is -0.467 e. The molecule has 1 aliphatic heterocycles. The molecule has 148 valence electrons. The predicted molar refractivity (Wildman–Crippen MR) is 106 cm³/mol. The Kier molecular flexibility index (Phi) is 5.35. The van der Waals surface area contributed by atoms with Gasteiger partial charge >= 0.3 is 0 Å². The zero-order valence-electron chi connectivity index (χ0n) is 15.3. The van der Waals surface area contributed by atoms with E-state index in [-0.39, 0.29) is 43.8 Å². The van der Waals surface area contributed by atoms with Gasteiger partial charge in [0.2, 0.25) is 5.91 Å². The van der Waals surface area contributed by atoms with Gasteiger partial charge in [0.05, 0.1) is 36.7 Å². The van der Waals surface area contributed by atoms with Crippen molar-refractivity contribution in [2.24, 2.45) is 0 Å². The molecule has 3 amide bonds. The number of nitrogens with zero attached hydrogens (tertiary/aromatic N) is 2.